The molecule has 0 aromatic rings. The van der Waals surface area contributed by atoms with Crippen LogP contribution < -0.4 is 5.32 Å². The molecule has 0 spiro atoms. The average Bonchev–Trinajstić information content (AvgIpc) is 2.71. The lowest BCUT2D eigenvalue weighted by Gasteiger charge is -2.35. The summed E-state index contributed by atoms with van der Waals surface area (Å²) in [5, 5.41) is 3.97. The molecule has 0 radical (unpaired) electrons. The SMILES string of the molecule is CCC1CCCC1NC1CCC(C)C(C)C1. The molecule has 2 fully saturated rings. The Bertz CT molecular complexity index is 213. The van der Waals surface area contributed by atoms with E-state index in [-0.39, 0.29) is 0 Å². The van der Waals surface area contributed by atoms with Gasteiger partial charge in [0.25, 0.3) is 0 Å². The van der Waals surface area contributed by atoms with Crippen molar-refractivity contribution in [3.63, 3.8) is 0 Å². The van der Waals surface area contributed by atoms with E-state index in [1.54, 1.807) is 0 Å². The van der Waals surface area contributed by atoms with Gasteiger partial charge in [0, 0.05) is 12.1 Å². The molecule has 1 heteroatoms. The Labute approximate surface area is 101 Å². The molecule has 1 nitrogen and oxygen atoms in total. The predicted octanol–water partition coefficient (Wildman–Crippen LogP) is 3.98. The first-order chi connectivity index (χ1) is 7.70. The molecule has 0 aliphatic heterocycles. The summed E-state index contributed by atoms with van der Waals surface area (Å²) in [6.45, 7) is 7.21. The molecule has 2 aliphatic rings. The second-order valence-corrected chi connectivity index (χ2v) is 6.34. The van der Waals surface area contributed by atoms with Crippen LogP contribution >= 0.6 is 0 Å². The van der Waals surface area contributed by atoms with E-state index in [0.29, 0.717) is 0 Å². The highest BCUT2D eigenvalue weighted by Gasteiger charge is 2.30. The van der Waals surface area contributed by atoms with E-state index in [9.17, 15) is 0 Å². The predicted molar refractivity (Wildman–Crippen MR) is 70.5 cm³/mol. The van der Waals surface area contributed by atoms with E-state index in [2.05, 4.69) is 26.1 Å². The normalized spacial score (nSPS) is 44.8. The lowest BCUT2D eigenvalue weighted by atomic mass is 9.78. The van der Waals surface area contributed by atoms with Crippen molar-refractivity contribution in [2.45, 2.75) is 77.8 Å². The zero-order valence-corrected chi connectivity index (χ0v) is 11.3. The molecule has 0 bridgehead atoms. The van der Waals surface area contributed by atoms with E-state index < -0.39 is 0 Å². The van der Waals surface area contributed by atoms with Crippen LogP contribution in [0.3, 0.4) is 0 Å². The van der Waals surface area contributed by atoms with Crippen molar-refractivity contribution >= 4 is 0 Å². The smallest absolute Gasteiger partial charge is 0.00978 e. The van der Waals surface area contributed by atoms with Crippen LogP contribution in [0.4, 0.5) is 0 Å². The molecular formula is C15H29N. The summed E-state index contributed by atoms with van der Waals surface area (Å²) < 4.78 is 0. The standard InChI is InChI=1S/C15H29N/c1-4-13-6-5-7-15(13)16-14-9-8-11(2)12(3)10-14/h11-16H,4-10H2,1-3H3. The lowest BCUT2D eigenvalue weighted by molar-refractivity contribution is 0.204. The van der Waals surface area contributed by atoms with E-state index in [4.69, 9.17) is 0 Å². The molecule has 2 rings (SSSR count). The van der Waals surface area contributed by atoms with E-state index in [1.165, 1.54) is 44.9 Å². The first-order valence-corrected chi connectivity index (χ1v) is 7.46. The average molecular weight is 223 g/mol. The van der Waals surface area contributed by atoms with Gasteiger partial charge in [0.2, 0.25) is 0 Å². The van der Waals surface area contributed by atoms with Crippen LogP contribution in [-0.2, 0) is 0 Å². The largest absolute Gasteiger partial charge is 0.311 e. The second-order valence-electron chi connectivity index (χ2n) is 6.34. The van der Waals surface area contributed by atoms with Gasteiger partial charge in [0.05, 0.1) is 0 Å². The third kappa shape index (κ3) is 2.80. The van der Waals surface area contributed by atoms with Crippen LogP contribution in [0.2, 0.25) is 0 Å². The third-order valence-electron chi connectivity index (χ3n) is 5.23. The molecule has 2 saturated carbocycles. The van der Waals surface area contributed by atoms with Crippen molar-refractivity contribution in [2.24, 2.45) is 17.8 Å². The zero-order chi connectivity index (χ0) is 11.5. The molecule has 5 atom stereocenters. The first-order valence-electron chi connectivity index (χ1n) is 7.46. The molecular weight excluding hydrogens is 194 g/mol. The molecule has 16 heavy (non-hydrogen) atoms. The maximum atomic E-state index is 3.97. The molecule has 0 heterocycles. The number of hydrogen-bond donors (Lipinski definition) is 1. The van der Waals surface area contributed by atoms with Crippen LogP contribution in [0.1, 0.15) is 65.7 Å². The molecule has 94 valence electrons. The Balaban J connectivity index is 1.81. The van der Waals surface area contributed by atoms with Crippen molar-refractivity contribution in [1.82, 2.24) is 5.32 Å². The Morgan fingerprint density at radius 3 is 2.50 bits per heavy atom. The van der Waals surface area contributed by atoms with Crippen molar-refractivity contribution in [1.29, 1.82) is 0 Å². The summed E-state index contributed by atoms with van der Waals surface area (Å²) in [4.78, 5) is 0. The van der Waals surface area contributed by atoms with E-state index in [0.717, 1.165) is 29.8 Å². The van der Waals surface area contributed by atoms with Gasteiger partial charge < -0.3 is 5.32 Å². The molecule has 0 saturated heterocycles. The van der Waals surface area contributed by atoms with Crippen molar-refractivity contribution in [2.75, 3.05) is 0 Å². The van der Waals surface area contributed by atoms with Crippen LogP contribution in [-0.4, -0.2) is 12.1 Å². The van der Waals surface area contributed by atoms with Gasteiger partial charge >= 0.3 is 0 Å². The number of rotatable bonds is 3. The minimum absolute atomic E-state index is 0.823. The second kappa shape index (κ2) is 5.53. The maximum absolute atomic E-state index is 3.97. The Morgan fingerprint density at radius 2 is 1.81 bits per heavy atom. The van der Waals surface area contributed by atoms with Crippen LogP contribution in [0.5, 0.6) is 0 Å². The van der Waals surface area contributed by atoms with Crippen LogP contribution in [0, 0.1) is 17.8 Å². The van der Waals surface area contributed by atoms with Crippen molar-refractivity contribution in [3.8, 4) is 0 Å². The van der Waals surface area contributed by atoms with Gasteiger partial charge in [-0.25, -0.2) is 0 Å². The summed E-state index contributed by atoms with van der Waals surface area (Å²) >= 11 is 0. The summed E-state index contributed by atoms with van der Waals surface area (Å²) in [6, 6.07) is 1.67. The molecule has 0 aromatic carbocycles. The molecule has 0 aromatic heterocycles. The minimum atomic E-state index is 0.823. The number of hydrogen-bond acceptors (Lipinski definition) is 1. The lowest BCUT2D eigenvalue weighted by Crippen LogP contribution is -2.43. The Hall–Kier alpha value is -0.0400. The molecule has 1 N–H and O–H groups in total. The fraction of sp³-hybridized carbons (Fsp3) is 1.00. The van der Waals surface area contributed by atoms with Gasteiger partial charge in [0.1, 0.15) is 0 Å². The van der Waals surface area contributed by atoms with Gasteiger partial charge in [0.15, 0.2) is 0 Å². The summed E-state index contributed by atoms with van der Waals surface area (Å²) in [5.74, 6) is 2.84. The zero-order valence-electron chi connectivity index (χ0n) is 11.3. The number of nitrogens with one attached hydrogen (secondary N) is 1. The highest BCUT2D eigenvalue weighted by molar-refractivity contribution is 4.88. The molecule has 0 amide bonds. The molecule has 5 unspecified atom stereocenters. The summed E-state index contributed by atoms with van der Waals surface area (Å²) in [5.41, 5.74) is 0. The minimum Gasteiger partial charge on any atom is -0.311 e. The first kappa shape index (κ1) is 12.4. The fourth-order valence-electron chi connectivity index (χ4n) is 3.75. The van der Waals surface area contributed by atoms with Crippen LogP contribution in [0.25, 0.3) is 0 Å². The summed E-state index contributed by atoms with van der Waals surface area (Å²) in [7, 11) is 0. The van der Waals surface area contributed by atoms with Gasteiger partial charge in [-0.1, -0.05) is 33.6 Å². The van der Waals surface area contributed by atoms with Crippen LogP contribution in [0.15, 0.2) is 0 Å². The highest BCUT2D eigenvalue weighted by atomic mass is 15.0. The fourth-order valence-corrected chi connectivity index (χ4v) is 3.75. The van der Waals surface area contributed by atoms with Gasteiger partial charge in [-0.2, -0.15) is 0 Å². The quantitative estimate of drug-likeness (QED) is 0.763. The molecule has 2 aliphatic carbocycles. The van der Waals surface area contributed by atoms with Gasteiger partial charge in [-0.3, -0.25) is 0 Å². The maximum Gasteiger partial charge on any atom is 0.00978 e. The van der Waals surface area contributed by atoms with E-state index >= 15 is 0 Å². The Morgan fingerprint density at radius 1 is 1.00 bits per heavy atom. The van der Waals surface area contributed by atoms with Crippen molar-refractivity contribution < 1.29 is 0 Å². The topological polar surface area (TPSA) is 12.0 Å². The third-order valence-corrected chi connectivity index (χ3v) is 5.23. The van der Waals surface area contributed by atoms with E-state index in [1.807, 2.05) is 0 Å². The Kier molecular flexibility index (Phi) is 4.29. The van der Waals surface area contributed by atoms with Gasteiger partial charge in [-0.15, -0.1) is 0 Å². The van der Waals surface area contributed by atoms with Crippen molar-refractivity contribution in [3.05, 3.63) is 0 Å². The monoisotopic (exact) mass is 223 g/mol. The summed E-state index contributed by atoms with van der Waals surface area (Å²) in [6.07, 6.45) is 9.98. The van der Waals surface area contributed by atoms with Gasteiger partial charge in [-0.05, 0) is 49.9 Å². The highest BCUT2D eigenvalue weighted by Crippen LogP contribution is 2.33.